The summed E-state index contributed by atoms with van der Waals surface area (Å²) in [5, 5.41) is 0.445. The number of aromatic nitrogens is 2. The lowest BCUT2D eigenvalue weighted by Gasteiger charge is -2.15. The van der Waals surface area contributed by atoms with Crippen LogP contribution in [0, 0.1) is 0 Å². The van der Waals surface area contributed by atoms with E-state index in [1.165, 1.54) is 11.6 Å². The van der Waals surface area contributed by atoms with Crippen molar-refractivity contribution in [2.75, 3.05) is 12.3 Å². The molecular formula is C20H17Cl2N3O4. The van der Waals surface area contributed by atoms with Crippen LogP contribution in [0.2, 0.25) is 10.0 Å². The number of nitrogen functional groups attached to an aromatic ring is 1. The van der Waals surface area contributed by atoms with Gasteiger partial charge in [-0.3, -0.25) is 18.7 Å². The number of nitrogens with zero attached hydrogens (tertiary/aromatic N) is 2. The number of halogens is 2. The molecule has 0 radical (unpaired) electrons. The zero-order valence-electron chi connectivity index (χ0n) is 15.4. The maximum absolute atomic E-state index is 12.7. The van der Waals surface area contributed by atoms with E-state index in [9.17, 15) is 14.4 Å². The fraction of sp³-hybridized carbons (Fsp3) is 0.150. The number of para-hydroxylation sites is 1. The summed E-state index contributed by atoms with van der Waals surface area (Å²) in [5.41, 5.74) is 5.10. The molecule has 0 spiro atoms. The van der Waals surface area contributed by atoms with Gasteiger partial charge in [-0.2, -0.15) is 0 Å². The third-order valence-electron chi connectivity index (χ3n) is 4.31. The Morgan fingerprint density at radius 3 is 2.28 bits per heavy atom. The third-order valence-corrected chi connectivity index (χ3v) is 4.91. The van der Waals surface area contributed by atoms with Crippen molar-refractivity contribution >= 4 is 34.8 Å². The van der Waals surface area contributed by atoms with E-state index in [0.717, 1.165) is 10.1 Å². The minimum absolute atomic E-state index is 0.108. The van der Waals surface area contributed by atoms with Gasteiger partial charge in [0.2, 0.25) is 5.78 Å². The number of hydrogen-bond acceptors (Lipinski definition) is 5. The van der Waals surface area contributed by atoms with E-state index in [1.807, 2.05) is 18.2 Å². The highest BCUT2D eigenvalue weighted by molar-refractivity contribution is 6.37. The lowest BCUT2D eigenvalue weighted by Crippen LogP contribution is -2.43. The highest BCUT2D eigenvalue weighted by Crippen LogP contribution is 2.32. The third kappa shape index (κ3) is 4.21. The summed E-state index contributed by atoms with van der Waals surface area (Å²) in [6.45, 7) is -0.413. The molecule has 150 valence electrons. The molecule has 2 aromatic carbocycles. The first-order valence-corrected chi connectivity index (χ1v) is 9.30. The topological polar surface area (TPSA) is 96.3 Å². The molecule has 0 bridgehead atoms. The van der Waals surface area contributed by atoms with E-state index in [-0.39, 0.29) is 33.7 Å². The van der Waals surface area contributed by atoms with Gasteiger partial charge in [0.05, 0.1) is 16.6 Å². The largest absolute Gasteiger partial charge is 0.482 e. The Kier molecular flexibility index (Phi) is 6.10. The summed E-state index contributed by atoms with van der Waals surface area (Å²) in [6, 6.07) is 13.8. The number of benzene rings is 2. The number of nitrogens with two attached hydrogens (primary N) is 1. The second-order valence-electron chi connectivity index (χ2n) is 6.24. The summed E-state index contributed by atoms with van der Waals surface area (Å²) < 4.78 is 7.43. The first-order chi connectivity index (χ1) is 13.8. The summed E-state index contributed by atoms with van der Waals surface area (Å²) in [7, 11) is 1.29. The molecule has 0 saturated carbocycles. The van der Waals surface area contributed by atoms with Gasteiger partial charge in [0.25, 0.3) is 5.56 Å². The second-order valence-corrected chi connectivity index (χ2v) is 7.06. The van der Waals surface area contributed by atoms with Gasteiger partial charge in [-0.05, 0) is 17.7 Å². The molecule has 0 saturated heterocycles. The maximum atomic E-state index is 12.7. The van der Waals surface area contributed by atoms with Crippen LogP contribution in [0.4, 0.5) is 5.82 Å². The van der Waals surface area contributed by atoms with Gasteiger partial charge < -0.3 is 10.5 Å². The Balaban J connectivity index is 1.97. The van der Waals surface area contributed by atoms with Crippen molar-refractivity contribution in [2.45, 2.75) is 6.54 Å². The highest BCUT2D eigenvalue weighted by Gasteiger charge is 2.22. The molecule has 29 heavy (non-hydrogen) atoms. The van der Waals surface area contributed by atoms with Crippen molar-refractivity contribution in [3.05, 3.63) is 90.5 Å². The summed E-state index contributed by atoms with van der Waals surface area (Å²) in [5.74, 6) is -0.793. The Hall–Kier alpha value is -3.03. The van der Waals surface area contributed by atoms with Crippen LogP contribution in [0.1, 0.15) is 15.9 Å². The SMILES string of the molecule is Cn1c(=O)c(C(=O)COc2c(Cl)cccc2Cl)c(N)n(Cc2ccccc2)c1=O. The Labute approximate surface area is 175 Å². The Morgan fingerprint density at radius 2 is 1.66 bits per heavy atom. The standard InChI is InChI=1S/C20H17Cl2N3O4/c1-24-19(27)16(15(26)11-29-17-13(21)8-5-9-14(17)22)18(23)25(20(24)28)10-12-6-3-2-4-7-12/h2-9H,10-11,23H2,1H3. The van der Waals surface area contributed by atoms with Crippen molar-refractivity contribution in [1.82, 2.24) is 9.13 Å². The average molecular weight is 434 g/mol. The molecule has 0 aliphatic carbocycles. The number of Topliss-reactive ketones (excluding diaryl/α,β-unsaturated/α-hetero) is 1. The van der Waals surface area contributed by atoms with Gasteiger partial charge in [0, 0.05) is 7.05 Å². The molecule has 0 aliphatic heterocycles. The van der Waals surface area contributed by atoms with Crippen LogP contribution in [-0.4, -0.2) is 21.5 Å². The molecular weight excluding hydrogens is 417 g/mol. The quantitative estimate of drug-likeness (QED) is 0.602. The number of rotatable bonds is 6. The second kappa shape index (κ2) is 8.55. The Bertz CT molecular complexity index is 1170. The highest BCUT2D eigenvalue weighted by atomic mass is 35.5. The van der Waals surface area contributed by atoms with Gasteiger partial charge in [0.1, 0.15) is 11.4 Å². The number of carbonyl (C=O) groups is 1. The number of hydrogen-bond donors (Lipinski definition) is 1. The maximum Gasteiger partial charge on any atom is 0.332 e. The number of ether oxygens (including phenoxy) is 1. The molecule has 3 rings (SSSR count). The van der Waals surface area contributed by atoms with Crippen LogP contribution in [0.15, 0.2) is 58.1 Å². The Morgan fingerprint density at radius 1 is 1.03 bits per heavy atom. The van der Waals surface area contributed by atoms with E-state index in [2.05, 4.69) is 0 Å². The summed E-state index contributed by atoms with van der Waals surface area (Å²) in [6.07, 6.45) is 0. The smallest absolute Gasteiger partial charge is 0.332 e. The van der Waals surface area contributed by atoms with Crippen LogP contribution >= 0.6 is 23.2 Å². The van der Waals surface area contributed by atoms with Gasteiger partial charge in [-0.25, -0.2) is 4.79 Å². The molecule has 2 N–H and O–H groups in total. The molecule has 0 unspecified atom stereocenters. The molecule has 0 amide bonds. The number of carbonyl (C=O) groups excluding carboxylic acids is 1. The summed E-state index contributed by atoms with van der Waals surface area (Å²) in [4.78, 5) is 37.8. The molecule has 7 nitrogen and oxygen atoms in total. The van der Waals surface area contributed by atoms with Gasteiger partial charge >= 0.3 is 5.69 Å². The van der Waals surface area contributed by atoms with Crippen LogP contribution in [-0.2, 0) is 13.6 Å². The van der Waals surface area contributed by atoms with Crippen LogP contribution in [0.3, 0.4) is 0 Å². The lowest BCUT2D eigenvalue weighted by atomic mass is 10.2. The van der Waals surface area contributed by atoms with Crippen LogP contribution in [0.5, 0.6) is 5.75 Å². The fourth-order valence-corrected chi connectivity index (χ4v) is 3.30. The van der Waals surface area contributed by atoms with E-state index in [0.29, 0.717) is 0 Å². The van der Waals surface area contributed by atoms with Gasteiger partial charge in [-0.1, -0.05) is 59.6 Å². The normalized spacial score (nSPS) is 10.7. The van der Waals surface area contributed by atoms with E-state index >= 15 is 0 Å². The van der Waals surface area contributed by atoms with Crippen LogP contribution in [0.25, 0.3) is 0 Å². The average Bonchev–Trinajstić information content (AvgIpc) is 2.70. The minimum atomic E-state index is -0.796. The minimum Gasteiger partial charge on any atom is -0.482 e. The zero-order valence-corrected chi connectivity index (χ0v) is 16.9. The molecule has 0 atom stereocenters. The van der Waals surface area contributed by atoms with Crippen molar-refractivity contribution in [3.8, 4) is 5.75 Å². The fourth-order valence-electron chi connectivity index (χ4n) is 2.79. The first kappa shape index (κ1) is 20.7. The zero-order chi connectivity index (χ0) is 21.1. The van der Waals surface area contributed by atoms with E-state index in [4.69, 9.17) is 33.7 Å². The molecule has 1 heterocycles. The monoisotopic (exact) mass is 433 g/mol. The lowest BCUT2D eigenvalue weighted by molar-refractivity contribution is 0.0919. The van der Waals surface area contributed by atoms with Crippen molar-refractivity contribution in [3.63, 3.8) is 0 Å². The van der Waals surface area contributed by atoms with Crippen molar-refractivity contribution < 1.29 is 9.53 Å². The summed E-state index contributed by atoms with van der Waals surface area (Å²) >= 11 is 12.1. The van der Waals surface area contributed by atoms with Crippen molar-refractivity contribution in [1.29, 1.82) is 0 Å². The van der Waals surface area contributed by atoms with Gasteiger partial charge in [-0.15, -0.1) is 0 Å². The van der Waals surface area contributed by atoms with Gasteiger partial charge in [0.15, 0.2) is 12.4 Å². The number of ketones is 1. The van der Waals surface area contributed by atoms with Crippen molar-refractivity contribution in [2.24, 2.45) is 7.05 Å². The molecule has 1 aromatic heterocycles. The predicted molar refractivity (Wildman–Crippen MR) is 112 cm³/mol. The number of anilines is 1. The van der Waals surface area contributed by atoms with Crippen LogP contribution < -0.4 is 21.7 Å². The molecule has 3 aromatic rings. The predicted octanol–water partition coefficient (Wildman–Crippen LogP) is 2.75. The first-order valence-electron chi connectivity index (χ1n) is 8.54. The van der Waals surface area contributed by atoms with E-state index < -0.39 is 23.6 Å². The molecule has 9 heteroatoms. The molecule has 0 aliphatic rings. The molecule has 0 fully saturated rings. The van der Waals surface area contributed by atoms with E-state index in [1.54, 1.807) is 30.3 Å².